The van der Waals surface area contributed by atoms with Crippen molar-refractivity contribution < 1.29 is 19.0 Å². The van der Waals surface area contributed by atoms with E-state index in [1.807, 2.05) is 12.1 Å². The molecule has 2 amide bonds. The number of halogens is 1. The minimum absolute atomic E-state index is 0.0188. The number of amides is 2. The third kappa shape index (κ3) is 4.69. The van der Waals surface area contributed by atoms with E-state index in [0.29, 0.717) is 28.0 Å². The van der Waals surface area contributed by atoms with Gasteiger partial charge in [0, 0.05) is 5.02 Å². The van der Waals surface area contributed by atoms with Crippen molar-refractivity contribution >= 4 is 23.3 Å². The lowest BCUT2D eigenvalue weighted by Gasteiger charge is -2.13. The first-order chi connectivity index (χ1) is 11.1. The van der Waals surface area contributed by atoms with Crippen LogP contribution in [0.5, 0.6) is 17.2 Å². The zero-order valence-corrected chi connectivity index (χ0v) is 13.5. The Labute approximate surface area is 139 Å². The van der Waals surface area contributed by atoms with Gasteiger partial charge in [-0.3, -0.25) is 0 Å². The number of carbonyl (C=O) groups is 1. The van der Waals surface area contributed by atoms with Gasteiger partial charge in [-0.2, -0.15) is 0 Å². The molecule has 0 heterocycles. The molecule has 0 aliphatic carbocycles. The fourth-order valence-electron chi connectivity index (χ4n) is 1.86. The summed E-state index contributed by atoms with van der Waals surface area (Å²) < 4.78 is 15.8. The second-order valence-electron chi connectivity index (χ2n) is 4.42. The van der Waals surface area contributed by atoms with Crippen LogP contribution in [-0.4, -0.2) is 27.0 Å². The van der Waals surface area contributed by atoms with Gasteiger partial charge >= 0.3 is 6.03 Å². The highest BCUT2D eigenvalue weighted by Crippen LogP contribution is 2.27. The smallest absolute Gasteiger partial charge is 0.321 e. The van der Waals surface area contributed by atoms with E-state index in [2.05, 4.69) is 10.6 Å². The first kappa shape index (κ1) is 16.8. The summed E-state index contributed by atoms with van der Waals surface area (Å²) in [6.45, 7) is -0.0188. The van der Waals surface area contributed by atoms with Gasteiger partial charge in [-0.05, 0) is 30.3 Å². The number of rotatable bonds is 6. The molecule has 2 aromatic carbocycles. The van der Waals surface area contributed by atoms with Crippen molar-refractivity contribution in [3.05, 3.63) is 47.5 Å². The lowest BCUT2D eigenvalue weighted by molar-refractivity contribution is 0.231. The van der Waals surface area contributed by atoms with E-state index in [4.69, 9.17) is 25.8 Å². The third-order valence-corrected chi connectivity index (χ3v) is 3.17. The minimum Gasteiger partial charge on any atom is -0.495 e. The molecule has 0 aliphatic rings. The van der Waals surface area contributed by atoms with Crippen LogP contribution in [0.1, 0.15) is 0 Å². The van der Waals surface area contributed by atoms with Crippen molar-refractivity contribution in [2.24, 2.45) is 0 Å². The SMILES string of the molecule is COc1ccc(Cl)cc1NC(=O)NCOc1ccccc1OC. The van der Waals surface area contributed by atoms with Gasteiger partial charge in [0.25, 0.3) is 0 Å². The van der Waals surface area contributed by atoms with Crippen molar-refractivity contribution in [1.82, 2.24) is 5.32 Å². The molecular formula is C16H17ClN2O4. The van der Waals surface area contributed by atoms with Crippen molar-refractivity contribution in [1.29, 1.82) is 0 Å². The normalized spacial score (nSPS) is 9.87. The predicted octanol–water partition coefficient (Wildman–Crippen LogP) is 3.52. The molecule has 0 aromatic heterocycles. The van der Waals surface area contributed by atoms with Gasteiger partial charge < -0.3 is 24.8 Å². The summed E-state index contributed by atoms with van der Waals surface area (Å²) in [5.74, 6) is 1.64. The Bertz CT molecular complexity index is 679. The summed E-state index contributed by atoms with van der Waals surface area (Å²) in [6, 6.07) is 11.7. The highest BCUT2D eigenvalue weighted by Gasteiger charge is 2.08. The van der Waals surface area contributed by atoms with Crippen LogP contribution in [0.4, 0.5) is 10.5 Å². The fourth-order valence-corrected chi connectivity index (χ4v) is 2.03. The number of hydrogen-bond acceptors (Lipinski definition) is 4. The van der Waals surface area contributed by atoms with Gasteiger partial charge in [-0.25, -0.2) is 4.79 Å². The van der Waals surface area contributed by atoms with Gasteiger partial charge in [0.1, 0.15) is 5.75 Å². The van der Waals surface area contributed by atoms with Crippen LogP contribution >= 0.6 is 11.6 Å². The average molecular weight is 337 g/mol. The third-order valence-electron chi connectivity index (χ3n) is 2.94. The number of urea groups is 1. The van der Waals surface area contributed by atoms with Gasteiger partial charge in [-0.1, -0.05) is 23.7 Å². The second-order valence-corrected chi connectivity index (χ2v) is 4.85. The zero-order chi connectivity index (χ0) is 16.7. The van der Waals surface area contributed by atoms with Crippen LogP contribution in [0, 0.1) is 0 Å². The maximum absolute atomic E-state index is 11.9. The van der Waals surface area contributed by atoms with Crippen LogP contribution in [-0.2, 0) is 0 Å². The molecule has 0 aliphatic heterocycles. The van der Waals surface area contributed by atoms with E-state index in [0.717, 1.165) is 0 Å². The number of ether oxygens (including phenoxy) is 3. The lowest BCUT2D eigenvalue weighted by atomic mass is 10.3. The van der Waals surface area contributed by atoms with Crippen LogP contribution in [0.25, 0.3) is 0 Å². The number of hydrogen-bond donors (Lipinski definition) is 2. The van der Waals surface area contributed by atoms with Crippen LogP contribution in [0.3, 0.4) is 0 Å². The van der Waals surface area contributed by atoms with E-state index >= 15 is 0 Å². The number of nitrogens with one attached hydrogen (secondary N) is 2. The Morgan fingerprint density at radius 1 is 1.04 bits per heavy atom. The van der Waals surface area contributed by atoms with E-state index in [-0.39, 0.29) is 6.73 Å². The summed E-state index contributed by atoms with van der Waals surface area (Å²) in [5, 5.41) is 5.71. The molecule has 7 heteroatoms. The molecule has 2 aromatic rings. The van der Waals surface area contributed by atoms with Crippen LogP contribution < -0.4 is 24.8 Å². The van der Waals surface area contributed by atoms with E-state index < -0.39 is 6.03 Å². The molecule has 0 fully saturated rings. The second kappa shape index (κ2) is 8.14. The Hall–Kier alpha value is -2.60. The monoisotopic (exact) mass is 336 g/mol. The topological polar surface area (TPSA) is 68.8 Å². The van der Waals surface area contributed by atoms with Crippen molar-refractivity contribution in [3.8, 4) is 17.2 Å². The van der Waals surface area contributed by atoms with Crippen LogP contribution in [0.15, 0.2) is 42.5 Å². The Morgan fingerprint density at radius 2 is 1.74 bits per heavy atom. The van der Waals surface area contributed by atoms with Crippen LogP contribution in [0.2, 0.25) is 5.02 Å². The minimum atomic E-state index is -0.444. The quantitative estimate of drug-likeness (QED) is 0.792. The highest BCUT2D eigenvalue weighted by molar-refractivity contribution is 6.31. The average Bonchev–Trinajstić information content (AvgIpc) is 2.55. The number of methoxy groups -OCH3 is 2. The predicted molar refractivity (Wildman–Crippen MR) is 88.6 cm³/mol. The molecule has 122 valence electrons. The largest absolute Gasteiger partial charge is 0.495 e. The molecule has 0 radical (unpaired) electrons. The number of carbonyl (C=O) groups excluding carboxylic acids is 1. The van der Waals surface area contributed by atoms with Gasteiger partial charge in [0.15, 0.2) is 18.2 Å². The summed E-state index contributed by atoms with van der Waals surface area (Å²) in [7, 11) is 3.06. The Kier molecular flexibility index (Phi) is 5.94. The standard InChI is InChI=1S/C16H17ClN2O4/c1-21-13-8-7-11(17)9-12(13)19-16(20)18-10-23-15-6-4-3-5-14(15)22-2/h3-9H,10H2,1-2H3,(H2,18,19,20). The molecule has 2 rings (SSSR count). The number of para-hydroxylation sites is 2. The molecule has 0 spiro atoms. The summed E-state index contributed by atoms with van der Waals surface area (Å²) in [6.07, 6.45) is 0. The number of anilines is 1. The molecule has 0 bridgehead atoms. The summed E-state index contributed by atoms with van der Waals surface area (Å²) in [4.78, 5) is 11.9. The Balaban J connectivity index is 1.89. The molecule has 23 heavy (non-hydrogen) atoms. The Morgan fingerprint density at radius 3 is 2.43 bits per heavy atom. The van der Waals surface area contributed by atoms with Gasteiger partial charge in [0.2, 0.25) is 0 Å². The van der Waals surface area contributed by atoms with Crippen molar-refractivity contribution in [3.63, 3.8) is 0 Å². The molecule has 0 unspecified atom stereocenters. The molecule has 6 nitrogen and oxygen atoms in total. The van der Waals surface area contributed by atoms with Crippen molar-refractivity contribution in [2.75, 3.05) is 26.3 Å². The van der Waals surface area contributed by atoms with Gasteiger partial charge in [0.05, 0.1) is 19.9 Å². The maximum atomic E-state index is 11.9. The fraction of sp³-hybridized carbons (Fsp3) is 0.188. The van der Waals surface area contributed by atoms with E-state index in [9.17, 15) is 4.79 Å². The first-order valence-corrected chi connectivity index (χ1v) is 7.16. The lowest BCUT2D eigenvalue weighted by Crippen LogP contribution is -2.32. The molecule has 0 atom stereocenters. The van der Waals surface area contributed by atoms with E-state index in [1.165, 1.54) is 7.11 Å². The highest BCUT2D eigenvalue weighted by atomic mass is 35.5. The maximum Gasteiger partial charge on any atom is 0.321 e. The molecular weight excluding hydrogens is 320 g/mol. The van der Waals surface area contributed by atoms with Gasteiger partial charge in [-0.15, -0.1) is 0 Å². The summed E-state index contributed by atoms with van der Waals surface area (Å²) in [5.41, 5.74) is 0.467. The molecule has 0 saturated heterocycles. The molecule has 0 saturated carbocycles. The number of benzene rings is 2. The van der Waals surface area contributed by atoms with Crippen molar-refractivity contribution in [2.45, 2.75) is 0 Å². The zero-order valence-electron chi connectivity index (χ0n) is 12.8. The molecule has 2 N–H and O–H groups in total. The summed E-state index contributed by atoms with van der Waals surface area (Å²) >= 11 is 5.91. The van der Waals surface area contributed by atoms with E-state index in [1.54, 1.807) is 37.4 Å². The first-order valence-electron chi connectivity index (χ1n) is 6.78.